The Morgan fingerprint density at radius 2 is 1.00 bits per heavy atom. The van der Waals surface area contributed by atoms with E-state index in [2.05, 4.69) is 78.1 Å². The summed E-state index contributed by atoms with van der Waals surface area (Å²) < 4.78 is 19.0. The summed E-state index contributed by atoms with van der Waals surface area (Å²) >= 11 is 0. The van der Waals surface area contributed by atoms with Crippen molar-refractivity contribution in [2.24, 2.45) is 0 Å². The molecule has 0 bridgehead atoms. The average Bonchev–Trinajstić information content (AvgIpc) is 3.68. The SMILES string of the molecule is CCOC(=O)c1cc(C(c2ccccc2)(c2ccccc2)c2ccc(OC)cc2)n2c(NC(c3ccccc3)(c3ccccc3)c3ccc(OC)cc3)ncnc12. The van der Waals surface area contributed by atoms with Gasteiger partial charge < -0.3 is 19.5 Å². The first-order valence-electron chi connectivity index (χ1n) is 18.9. The number of hydrogen-bond acceptors (Lipinski definition) is 7. The van der Waals surface area contributed by atoms with Gasteiger partial charge in [0.25, 0.3) is 0 Å². The molecule has 0 unspecified atom stereocenters. The number of fused-ring (bicyclic) bond motifs is 1. The van der Waals surface area contributed by atoms with Gasteiger partial charge in [-0.2, -0.15) is 0 Å². The number of rotatable bonds is 13. The number of aromatic nitrogens is 3. The number of nitrogens with zero attached hydrogens (tertiary/aromatic N) is 3. The van der Waals surface area contributed by atoms with Crippen molar-refractivity contribution < 1.29 is 19.0 Å². The molecule has 0 saturated carbocycles. The van der Waals surface area contributed by atoms with Crippen molar-refractivity contribution in [1.29, 1.82) is 0 Å². The zero-order chi connectivity index (χ0) is 39.2. The highest BCUT2D eigenvalue weighted by atomic mass is 16.5. The van der Waals surface area contributed by atoms with Crippen molar-refractivity contribution in [2.45, 2.75) is 17.9 Å². The van der Waals surface area contributed by atoms with E-state index in [-0.39, 0.29) is 6.61 Å². The third-order valence-corrected chi connectivity index (χ3v) is 10.6. The molecule has 0 spiro atoms. The number of carbonyl (C=O) groups excluding carboxylic acids is 1. The van der Waals surface area contributed by atoms with E-state index in [0.717, 1.165) is 50.6 Å². The molecule has 0 radical (unpaired) electrons. The van der Waals surface area contributed by atoms with Crippen LogP contribution < -0.4 is 14.8 Å². The van der Waals surface area contributed by atoms with E-state index in [1.54, 1.807) is 21.1 Å². The number of esters is 1. The topological polar surface area (TPSA) is 87.0 Å². The van der Waals surface area contributed by atoms with Crippen LogP contribution in [-0.4, -0.2) is 41.2 Å². The van der Waals surface area contributed by atoms with Crippen molar-refractivity contribution in [3.63, 3.8) is 0 Å². The van der Waals surface area contributed by atoms with E-state index in [1.807, 2.05) is 108 Å². The molecule has 8 aromatic rings. The van der Waals surface area contributed by atoms with Crippen LogP contribution in [0.4, 0.5) is 5.95 Å². The third-order valence-electron chi connectivity index (χ3n) is 10.6. The summed E-state index contributed by atoms with van der Waals surface area (Å²) in [5, 5.41) is 3.99. The van der Waals surface area contributed by atoms with Crippen LogP contribution in [0.25, 0.3) is 5.65 Å². The molecule has 0 aliphatic carbocycles. The maximum atomic E-state index is 14.1. The molecule has 0 aliphatic rings. The van der Waals surface area contributed by atoms with E-state index in [0.29, 0.717) is 17.2 Å². The Labute approximate surface area is 332 Å². The summed E-state index contributed by atoms with van der Waals surface area (Å²) in [5.74, 6) is 1.43. The lowest BCUT2D eigenvalue weighted by Crippen LogP contribution is -2.40. The van der Waals surface area contributed by atoms with Gasteiger partial charge in [0.05, 0.1) is 26.2 Å². The fourth-order valence-corrected chi connectivity index (χ4v) is 8.02. The number of carbonyl (C=O) groups is 1. The molecular formula is C49H42N4O4. The minimum atomic E-state index is -1.01. The van der Waals surface area contributed by atoms with Crippen molar-refractivity contribution in [3.05, 3.63) is 227 Å². The average molecular weight is 751 g/mol. The van der Waals surface area contributed by atoms with Crippen LogP contribution in [0.5, 0.6) is 11.5 Å². The number of hydrogen-bond donors (Lipinski definition) is 1. The van der Waals surface area contributed by atoms with Gasteiger partial charge in [0.2, 0.25) is 5.95 Å². The van der Waals surface area contributed by atoms with E-state index in [4.69, 9.17) is 24.2 Å². The first-order chi connectivity index (χ1) is 28.0. The molecule has 0 saturated heterocycles. The summed E-state index contributed by atoms with van der Waals surface area (Å²) in [6, 6.07) is 59.3. The standard InChI is InChI=1S/C49H42N4O4/c1-4-57-46(54)43-33-44(48(35-17-9-5-10-18-35,36-19-11-6-12-20-36)37-25-29-41(55-2)30-26-37)53-45(43)50-34-51-47(53)52-49(38-21-13-7-14-22-38,39-23-15-8-16-24-39)40-27-31-42(56-3)32-28-40/h5-34H,4H2,1-3H3,(H,50,51,52). The summed E-state index contributed by atoms with van der Waals surface area (Å²) in [5.41, 5.74) is 5.22. The number of ether oxygens (including phenoxy) is 3. The number of anilines is 1. The first-order valence-corrected chi connectivity index (χ1v) is 18.9. The van der Waals surface area contributed by atoms with Crippen molar-refractivity contribution in [3.8, 4) is 11.5 Å². The van der Waals surface area contributed by atoms with Gasteiger partial charge in [0.15, 0.2) is 5.65 Å². The van der Waals surface area contributed by atoms with Gasteiger partial charge >= 0.3 is 5.97 Å². The highest BCUT2D eigenvalue weighted by Gasteiger charge is 2.44. The highest BCUT2D eigenvalue weighted by molar-refractivity contribution is 5.97. The van der Waals surface area contributed by atoms with Gasteiger partial charge in [-0.3, -0.25) is 4.40 Å². The van der Waals surface area contributed by atoms with E-state index < -0.39 is 16.9 Å². The Morgan fingerprint density at radius 1 is 0.579 bits per heavy atom. The Morgan fingerprint density at radius 3 is 1.46 bits per heavy atom. The molecule has 0 fully saturated rings. The summed E-state index contributed by atoms with van der Waals surface area (Å²) in [6.45, 7) is 2.00. The molecule has 6 aromatic carbocycles. The predicted molar refractivity (Wildman–Crippen MR) is 223 cm³/mol. The zero-order valence-electron chi connectivity index (χ0n) is 32.0. The molecule has 2 heterocycles. The second-order valence-electron chi connectivity index (χ2n) is 13.6. The smallest absolute Gasteiger partial charge is 0.341 e. The van der Waals surface area contributed by atoms with Gasteiger partial charge in [-0.15, -0.1) is 0 Å². The predicted octanol–water partition coefficient (Wildman–Crippen LogP) is 9.71. The Kier molecular flexibility index (Phi) is 10.2. The van der Waals surface area contributed by atoms with Crippen molar-refractivity contribution in [1.82, 2.24) is 14.4 Å². The van der Waals surface area contributed by atoms with Crippen molar-refractivity contribution in [2.75, 3.05) is 26.1 Å². The molecule has 0 aliphatic heterocycles. The minimum Gasteiger partial charge on any atom is -0.497 e. The Hall–Kier alpha value is -7.19. The van der Waals surface area contributed by atoms with Gasteiger partial charge in [0, 0.05) is 5.69 Å². The second-order valence-corrected chi connectivity index (χ2v) is 13.6. The third kappa shape index (κ3) is 6.45. The quantitative estimate of drug-likeness (QED) is 0.0928. The highest BCUT2D eigenvalue weighted by Crippen LogP contribution is 2.48. The molecule has 282 valence electrons. The molecule has 0 amide bonds. The Bertz CT molecular complexity index is 2500. The molecule has 8 rings (SSSR count). The normalized spacial score (nSPS) is 11.6. The lowest BCUT2D eigenvalue weighted by molar-refractivity contribution is 0.0528. The monoisotopic (exact) mass is 750 g/mol. The van der Waals surface area contributed by atoms with E-state index in [9.17, 15) is 4.79 Å². The summed E-state index contributed by atoms with van der Waals surface area (Å²) in [4.78, 5) is 23.9. The summed E-state index contributed by atoms with van der Waals surface area (Å²) in [6.07, 6.45) is 1.50. The van der Waals surface area contributed by atoms with Crippen LogP contribution in [0.2, 0.25) is 0 Å². The fraction of sp³-hybridized carbons (Fsp3) is 0.122. The molecular weight excluding hydrogens is 709 g/mol. The lowest BCUT2D eigenvalue weighted by Gasteiger charge is -2.39. The van der Waals surface area contributed by atoms with Crippen molar-refractivity contribution >= 4 is 17.6 Å². The van der Waals surface area contributed by atoms with Crippen LogP contribution in [-0.2, 0) is 15.7 Å². The summed E-state index contributed by atoms with van der Waals surface area (Å²) in [7, 11) is 3.32. The molecule has 1 N–H and O–H groups in total. The van der Waals surface area contributed by atoms with Crippen LogP contribution >= 0.6 is 0 Å². The largest absolute Gasteiger partial charge is 0.497 e. The first kappa shape index (κ1) is 36.8. The molecule has 0 atom stereocenters. The van der Waals surface area contributed by atoms with Gasteiger partial charge in [0.1, 0.15) is 28.9 Å². The zero-order valence-corrected chi connectivity index (χ0v) is 32.0. The van der Waals surface area contributed by atoms with Gasteiger partial charge in [-0.25, -0.2) is 14.8 Å². The van der Waals surface area contributed by atoms with Crippen LogP contribution in [0.15, 0.2) is 182 Å². The lowest BCUT2D eigenvalue weighted by atomic mass is 9.67. The Balaban J connectivity index is 1.52. The molecule has 57 heavy (non-hydrogen) atoms. The molecule has 8 heteroatoms. The molecule has 8 nitrogen and oxygen atoms in total. The van der Waals surface area contributed by atoms with E-state index >= 15 is 0 Å². The van der Waals surface area contributed by atoms with Crippen LogP contribution in [0.3, 0.4) is 0 Å². The second kappa shape index (κ2) is 15.9. The van der Waals surface area contributed by atoms with Crippen LogP contribution in [0.1, 0.15) is 56.4 Å². The van der Waals surface area contributed by atoms with E-state index in [1.165, 1.54) is 6.33 Å². The fourth-order valence-electron chi connectivity index (χ4n) is 8.02. The molecule has 2 aromatic heterocycles. The number of benzene rings is 6. The van der Waals surface area contributed by atoms with Gasteiger partial charge in [-0.1, -0.05) is 146 Å². The van der Waals surface area contributed by atoms with Crippen LogP contribution in [0, 0.1) is 0 Å². The number of nitrogens with one attached hydrogen (secondary N) is 1. The maximum Gasteiger partial charge on any atom is 0.341 e. The maximum absolute atomic E-state index is 14.1. The van der Waals surface area contributed by atoms with Gasteiger partial charge in [-0.05, 0) is 70.6 Å². The number of methoxy groups -OCH3 is 2. The minimum absolute atomic E-state index is 0.200.